The lowest BCUT2D eigenvalue weighted by atomic mass is 10.1. The van der Waals surface area contributed by atoms with E-state index in [2.05, 4.69) is 4.98 Å². The molecule has 0 atom stereocenters. The van der Waals surface area contributed by atoms with Crippen LogP contribution < -0.4 is 4.90 Å². The van der Waals surface area contributed by atoms with E-state index in [4.69, 9.17) is 0 Å². The number of nitrogens with zero attached hydrogens (tertiary/aromatic N) is 4. The van der Waals surface area contributed by atoms with Gasteiger partial charge in [-0.05, 0) is 17.7 Å². The van der Waals surface area contributed by atoms with E-state index in [9.17, 15) is 18.0 Å². The van der Waals surface area contributed by atoms with Crippen LogP contribution in [0.15, 0.2) is 36.8 Å². The molecule has 0 saturated heterocycles. The molecule has 2 aromatic rings. The average Bonchev–Trinajstić information content (AvgIpc) is 2.91. The molecule has 0 aliphatic heterocycles. The normalized spacial score (nSPS) is 11.4. The minimum absolute atomic E-state index is 0.115. The Hall–Kier alpha value is -2.51. The smallest absolute Gasteiger partial charge is 0.378 e. The molecule has 0 N–H and O–H groups in total. The number of imidazole rings is 1. The second-order valence-corrected chi connectivity index (χ2v) is 5.73. The summed E-state index contributed by atoms with van der Waals surface area (Å²) in [7, 11) is 5.31. The maximum absolute atomic E-state index is 12.9. The van der Waals surface area contributed by atoms with E-state index in [1.165, 1.54) is 17.1 Å². The molecule has 2 rings (SSSR count). The van der Waals surface area contributed by atoms with Crippen LogP contribution in [-0.4, -0.2) is 47.2 Å². The fourth-order valence-corrected chi connectivity index (χ4v) is 2.26. The Labute approximate surface area is 138 Å². The molecule has 0 bridgehead atoms. The number of amides is 1. The topological polar surface area (TPSA) is 41.4 Å². The number of rotatable bonds is 5. The van der Waals surface area contributed by atoms with Gasteiger partial charge in [-0.25, -0.2) is 4.98 Å². The van der Waals surface area contributed by atoms with Crippen LogP contribution in [0, 0.1) is 0 Å². The van der Waals surface area contributed by atoms with Gasteiger partial charge in [-0.15, -0.1) is 0 Å². The number of alkyl halides is 3. The summed E-state index contributed by atoms with van der Waals surface area (Å²) in [5, 5.41) is 0. The van der Waals surface area contributed by atoms with Crippen LogP contribution in [0.3, 0.4) is 0 Å². The van der Waals surface area contributed by atoms with Crippen molar-refractivity contribution in [2.75, 3.05) is 25.5 Å². The van der Waals surface area contributed by atoms with E-state index < -0.39 is 18.6 Å². The second kappa shape index (κ2) is 6.94. The molecule has 0 aliphatic carbocycles. The van der Waals surface area contributed by atoms with Crippen LogP contribution in [0.4, 0.5) is 18.9 Å². The van der Waals surface area contributed by atoms with Crippen LogP contribution in [0.25, 0.3) is 0 Å². The van der Waals surface area contributed by atoms with Crippen LogP contribution in [0.1, 0.15) is 16.1 Å². The molecular weight excluding hydrogens is 321 g/mol. The van der Waals surface area contributed by atoms with Gasteiger partial charge in [-0.2, -0.15) is 13.2 Å². The van der Waals surface area contributed by atoms with Crippen LogP contribution in [-0.2, 0) is 13.6 Å². The minimum Gasteiger partial charge on any atom is -0.378 e. The summed E-state index contributed by atoms with van der Waals surface area (Å²) in [5.74, 6) is -0.705. The fraction of sp³-hybridized carbons (Fsp3) is 0.375. The number of anilines is 1. The number of hydrogen-bond donors (Lipinski definition) is 0. The van der Waals surface area contributed by atoms with E-state index in [1.54, 1.807) is 31.3 Å². The van der Waals surface area contributed by atoms with Gasteiger partial charge in [0.1, 0.15) is 12.2 Å². The van der Waals surface area contributed by atoms with Crippen molar-refractivity contribution in [3.63, 3.8) is 0 Å². The zero-order chi connectivity index (χ0) is 17.9. The van der Waals surface area contributed by atoms with Crippen LogP contribution in [0.2, 0.25) is 0 Å². The van der Waals surface area contributed by atoms with Gasteiger partial charge in [-0.3, -0.25) is 4.79 Å². The van der Waals surface area contributed by atoms with Crippen LogP contribution in [0.5, 0.6) is 0 Å². The highest BCUT2D eigenvalue weighted by atomic mass is 19.4. The van der Waals surface area contributed by atoms with Gasteiger partial charge >= 0.3 is 6.18 Å². The van der Waals surface area contributed by atoms with Gasteiger partial charge in [0.25, 0.3) is 5.91 Å². The van der Waals surface area contributed by atoms with E-state index in [1.807, 2.05) is 19.0 Å². The molecule has 0 unspecified atom stereocenters. The number of hydrogen-bond acceptors (Lipinski definition) is 3. The molecular formula is C16H19F3N4O. The Morgan fingerprint density at radius 2 is 1.83 bits per heavy atom. The number of aryl methyl sites for hydroxylation is 1. The van der Waals surface area contributed by atoms with E-state index in [0.29, 0.717) is 5.56 Å². The largest absolute Gasteiger partial charge is 0.406 e. The molecule has 1 amide bonds. The van der Waals surface area contributed by atoms with Crippen molar-refractivity contribution in [2.24, 2.45) is 7.05 Å². The standard InChI is InChI=1S/C16H19F3N4O/c1-21(2)13-6-4-12(5-7-13)9-23(10-16(17,18)19)15(24)14-8-20-11-22(14)3/h4-8,11H,9-10H2,1-3H3. The summed E-state index contributed by atoms with van der Waals surface area (Å²) in [6, 6.07) is 7.04. The first-order valence-electron chi connectivity index (χ1n) is 7.26. The quantitative estimate of drug-likeness (QED) is 0.840. The van der Waals surface area contributed by atoms with Crippen molar-refractivity contribution in [3.05, 3.63) is 48.0 Å². The molecule has 0 aliphatic rings. The molecule has 1 aromatic carbocycles. The number of halogens is 3. The summed E-state index contributed by atoms with van der Waals surface area (Å²) in [4.78, 5) is 18.9. The van der Waals surface area contributed by atoms with Crippen LogP contribution >= 0.6 is 0 Å². The van der Waals surface area contributed by atoms with Crippen molar-refractivity contribution in [2.45, 2.75) is 12.7 Å². The fourth-order valence-electron chi connectivity index (χ4n) is 2.26. The SMILES string of the molecule is CN(C)c1ccc(CN(CC(F)(F)F)C(=O)c2cncn2C)cc1. The van der Waals surface area contributed by atoms with E-state index in [-0.39, 0.29) is 12.2 Å². The van der Waals surface area contributed by atoms with Crippen molar-refractivity contribution in [1.82, 2.24) is 14.5 Å². The first-order chi connectivity index (χ1) is 11.2. The van der Waals surface area contributed by atoms with Crippen molar-refractivity contribution in [1.29, 1.82) is 0 Å². The first kappa shape index (κ1) is 17.8. The number of benzene rings is 1. The minimum atomic E-state index is -4.47. The Morgan fingerprint density at radius 1 is 1.21 bits per heavy atom. The molecule has 5 nitrogen and oxygen atoms in total. The average molecular weight is 340 g/mol. The lowest BCUT2D eigenvalue weighted by Gasteiger charge is -2.24. The maximum atomic E-state index is 12.9. The third-order valence-corrected chi connectivity index (χ3v) is 3.52. The predicted octanol–water partition coefficient (Wildman–Crippen LogP) is 2.69. The first-order valence-corrected chi connectivity index (χ1v) is 7.26. The molecule has 0 fully saturated rings. The monoisotopic (exact) mass is 340 g/mol. The number of carbonyl (C=O) groups is 1. The van der Waals surface area contributed by atoms with Crippen molar-refractivity contribution < 1.29 is 18.0 Å². The van der Waals surface area contributed by atoms with E-state index in [0.717, 1.165) is 10.6 Å². The molecule has 0 saturated carbocycles. The molecule has 130 valence electrons. The van der Waals surface area contributed by atoms with Gasteiger partial charge in [0.15, 0.2) is 0 Å². The number of carbonyl (C=O) groups excluding carboxylic acids is 1. The lowest BCUT2D eigenvalue weighted by Crippen LogP contribution is -2.39. The Bertz CT molecular complexity index is 692. The van der Waals surface area contributed by atoms with E-state index >= 15 is 0 Å². The highest BCUT2D eigenvalue weighted by molar-refractivity contribution is 5.92. The highest BCUT2D eigenvalue weighted by Crippen LogP contribution is 2.21. The van der Waals surface area contributed by atoms with Gasteiger partial charge in [0.05, 0.1) is 12.5 Å². The Morgan fingerprint density at radius 3 is 2.29 bits per heavy atom. The third kappa shape index (κ3) is 4.50. The zero-order valence-corrected chi connectivity index (χ0v) is 13.7. The summed E-state index contributed by atoms with van der Waals surface area (Å²) >= 11 is 0. The summed E-state index contributed by atoms with van der Waals surface area (Å²) in [6.45, 7) is -1.44. The maximum Gasteiger partial charge on any atom is 0.406 e. The summed E-state index contributed by atoms with van der Waals surface area (Å²) in [6.07, 6.45) is -1.83. The highest BCUT2D eigenvalue weighted by Gasteiger charge is 2.34. The van der Waals surface area contributed by atoms with Crippen molar-refractivity contribution in [3.8, 4) is 0 Å². The Kier molecular flexibility index (Phi) is 5.16. The molecule has 0 spiro atoms. The summed E-state index contributed by atoms with van der Waals surface area (Å²) in [5.41, 5.74) is 1.67. The molecule has 1 aromatic heterocycles. The Balaban J connectivity index is 2.23. The van der Waals surface area contributed by atoms with Crippen molar-refractivity contribution >= 4 is 11.6 Å². The van der Waals surface area contributed by atoms with Gasteiger partial charge < -0.3 is 14.4 Å². The molecule has 24 heavy (non-hydrogen) atoms. The molecule has 8 heteroatoms. The second-order valence-electron chi connectivity index (χ2n) is 5.73. The zero-order valence-electron chi connectivity index (χ0n) is 13.7. The molecule has 1 heterocycles. The molecule has 0 radical (unpaired) electrons. The summed E-state index contributed by atoms with van der Waals surface area (Å²) < 4.78 is 40.0. The van der Waals surface area contributed by atoms with Gasteiger partial charge in [0.2, 0.25) is 0 Å². The number of aromatic nitrogens is 2. The third-order valence-electron chi connectivity index (χ3n) is 3.52. The van der Waals surface area contributed by atoms with Gasteiger partial charge in [0, 0.05) is 33.4 Å². The van der Waals surface area contributed by atoms with Gasteiger partial charge in [-0.1, -0.05) is 12.1 Å². The lowest BCUT2D eigenvalue weighted by molar-refractivity contribution is -0.141. The predicted molar refractivity (Wildman–Crippen MR) is 84.8 cm³/mol.